The van der Waals surface area contributed by atoms with Crippen molar-refractivity contribution in [2.45, 2.75) is 11.3 Å². The van der Waals surface area contributed by atoms with Crippen molar-refractivity contribution >= 4 is 40.5 Å². The molecular formula is C6H8FNO7S2. The molecule has 8 nitrogen and oxygen atoms in total. The highest BCUT2D eigenvalue weighted by atomic mass is 32.3. The average molecular weight is 289 g/mol. The lowest BCUT2D eigenvalue weighted by atomic mass is 10.6. The van der Waals surface area contributed by atoms with E-state index in [0.29, 0.717) is 0 Å². The van der Waals surface area contributed by atoms with E-state index < -0.39 is 38.8 Å². The van der Waals surface area contributed by atoms with Gasteiger partial charge in [-0.15, -0.1) is 12.6 Å². The number of esters is 1. The summed E-state index contributed by atoms with van der Waals surface area (Å²) in [6.45, 7) is -0.101. The molecule has 2 amide bonds. The molecule has 0 aromatic heterocycles. The van der Waals surface area contributed by atoms with E-state index in [1.54, 1.807) is 5.32 Å². The molecule has 0 saturated heterocycles. The van der Waals surface area contributed by atoms with Crippen LogP contribution in [0.15, 0.2) is 0 Å². The first-order chi connectivity index (χ1) is 7.48. The maximum absolute atomic E-state index is 13.1. The molecule has 0 spiro atoms. The Labute approximate surface area is 101 Å². The minimum Gasteiger partial charge on any atom is -0.452 e. The van der Waals surface area contributed by atoms with Crippen molar-refractivity contribution in [3.8, 4) is 0 Å². The lowest BCUT2D eigenvalue weighted by Gasteiger charge is -2.13. The molecule has 98 valence electrons. The predicted molar refractivity (Wildman–Crippen MR) is 54.2 cm³/mol. The molecule has 0 aliphatic rings. The summed E-state index contributed by atoms with van der Waals surface area (Å²) in [5, 5.41) is 1.67. The Bertz CT molecular complexity index is 443. The van der Waals surface area contributed by atoms with Gasteiger partial charge in [-0.05, 0) is 0 Å². The molecule has 17 heavy (non-hydrogen) atoms. The summed E-state index contributed by atoms with van der Waals surface area (Å²) in [7, 11) is -5.45. The number of alkyl halides is 1. The van der Waals surface area contributed by atoms with E-state index in [0.717, 1.165) is 6.92 Å². The second-order valence-corrected chi connectivity index (χ2v) is 5.15. The maximum Gasteiger partial charge on any atom is 0.373 e. The third kappa shape index (κ3) is 4.66. The second kappa shape index (κ2) is 5.42. The zero-order chi connectivity index (χ0) is 13.9. The fourth-order valence-electron chi connectivity index (χ4n) is 0.558. The van der Waals surface area contributed by atoms with Crippen molar-refractivity contribution in [2.75, 3.05) is 6.61 Å². The van der Waals surface area contributed by atoms with Crippen molar-refractivity contribution in [2.24, 2.45) is 0 Å². The summed E-state index contributed by atoms with van der Waals surface area (Å²) in [5.74, 6) is -3.94. The molecule has 11 heteroatoms. The van der Waals surface area contributed by atoms with Crippen LogP contribution in [0, 0.1) is 0 Å². The summed E-state index contributed by atoms with van der Waals surface area (Å²) in [4.78, 5) is 31.9. The van der Waals surface area contributed by atoms with E-state index in [4.69, 9.17) is 4.55 Å². The van der Waals surface area contributed by atoms with Crippen LogP contribution in [0.25, 0.3) is 0 Å². The molecule has 0 heterocycles. The van der Waals surface area contributed by atoms with Gasteiger partial charge in [-0.2, -0.15) is 12.8 Å². The average Bonchev–Trinajstić information content (AvgIpc) is 2.10. The van der Waals surface area contributed by atoms with Crippen LogP contribution in [0.1, 0.15) is 6.92 Å². The fraction of sp³-hybridized carbons (Fsp3) is 0.500. The molecule has 2 N–H and O–H groups in total. The van der Waals surface area contributed by atoms with E-state index in [-0.39, 0.29) is 0 Å². The quantitative estimate of drug-likeness (QED) is 0.331. The largest absolute Gasteiger partial charge is 0.452 e. The van der Waals surface area contributed by atoms with Gasteiger partial charge in [-0.3, -0.25) is 19.5 Å². The molecule has 0 aromatic carbocycles. The Morgan fingerprint density at radius 3 is 2.29 bits per heavy atom. The van der Waals surface area contributed by atoms with Gasteiger partial charge in [-0.1, -0.05) is 0 Å². The highest BCUT2D eigenvalue weighted by Crippen LogP contribution is 2.24. The number of nitrogens with one attached hydrogen (secondary N) is 1. The van der Waals surface area contributed by atoms with Crippen LogP contribution in [-0.2, 0) is 29.2 Å². The van der Waals surface area contributed by atoms with E-state index >= 15 is 0 Å². The van der Waals surface area contributed by atoms with E-state index in [1.807, 2.05) is 0 Å². The number of hydrogen-bond donors (Lipinski definition) is 3. The molecule has 1 atom stereocenters. The topological polar surface area (TPSA) is 127 Å². The number of imide groups is 1. The summed E-state index contributed by atoms with van der Waals surface area (Å²) in [6.07, 6.45) is 0. The molecule has 0 saturated carbocycles. The Hall–Kier alpha value is -1.20. The van der Waals surface area contributed by atoms with Gasteiger partial charge in [-0.25, -0.2) is 4.79 Å². The van der Waals surface area contributed by atoms with Gasteiger partial charge in [0.2, 0.25) is 5.91 Å². The summed E-state index contributed by atoms with van der Waals surface area (Å²) in [5.41, 5.74) is 0. The third-order valence-electron chi connectivity index (χ3n) is 1.24. The lowest BCUT2D eigenvalue weighted by molar-refractivity contribution is -0.152. The van der Waals surface area contributed by atoms with Crippen LogP contribution in [0.5, 0.6) is 0 Å². The first kappa shape index (κ1) is 15.8. The first-order valence-electron chi connectivity index (χ1n) is 3.84. The molecule has 0 aromatic rings. The van der Waals surface area contributed by atoms with Crippen LogP contribution in [0.2, 0.25) is 0 Å². The minimum atomic E-state index is -5.45. The van der Waals surface area contributed by atoms with Crippen LogP contribution in [0.3, 0.4) is 0 Å². The van der Waals surface area contributed by atoms with Gasteiger partial charge in [0.25, 0.3) is 5.91 Å². The predicted octanol–water partition coefficient (Wildman–Crippen LogP) is -1.37. The van der Waals surface area contributed by atoms with Crippen molar-refractivity contribution in [1.29, 1.82) is 0 Å². The zero-order valence-corrected chi connectivity index (χ0v) is 10.0. The number of hydrogen-bond acceptors (Lipinski definition) is 7. The molecular weight excluding hydrogens is 281 g/mol. The molecule has 0 aliphatic heterocycles. The first-order valence-corrected chi connectivity index (χ1v) is 5.73. The summed E-state index contributed by atoms with van der Waals surface area (Å²) in [6, 6.07) is 0. The number of carbonyl (C=O) groups is 3. The minimum absolute atomic E-state index is 0.752. The van der Waals surface area contributed by atoms with Crippen molar-refractivity contribution in [3.63, 3.8) is 0 Å². The van der Waals surface area contributed by atoms with Gasteiger partial charge in [0.05, 0.1) is 0 Å². The van der Waals surface area contributed by atoms with Gasteiger partial charge in [0, 0.05) is 6.92 Å². The standard InChI is InChI=1S/C6H8FNO7S2/c1-3(9)8-4(10)2-15-5(11)6(7,16)17(12,13)14/h16H,2H2,1H3,(H,8,9,10)(H,12,13,14). The molecule has 1 unspecified atom stereocenters. The van der Waals surface area contributed by atoms with E-state index in [2.05, 4.69) is 17.4 Å². The van der Waals surface area contributed by atoms with Gasteiger partial charge in [0.15, 0.2) is 6.61 Å². The molecule has 0 radical (unpaired) electrons. The number of halogens is 1. The lowest BCUT2D eigenvalue weighted by Crippen LogP contribution is -2.40. The van der Waals surface area contributed by atoms with E-state index in [9.17, 15) is 27.2 Å². The maximum atomic E-state index is 13.1. The van der Waals surface area contributed by atoms with Crippen LogP contribution < -0.4 is 5.32 Å². The number of carbonyl (C=O) groups excluding carboxylic acids is 3. The smallest absolute Gasteiger partial charge is 0.373 e. The number of thiol groups is 1. The highest BCUT2D eigenvalue weighted by molar-refractivity contribution is 8.04. The van der Waals surface area contributed by atoms with Gasteiger partial charge >= 0.3 is 20.4 Å². The van der Waals surface area contributed by atoms with Gasteiger partial charge < -0.3 is 4.74 Å². The monoisotopic (exact) mass is 289 g/mol. The molecule has 0 rings (SSSR count). The van der Waals surface area contributed by atoms with Crippen molar-refractivity contribution in [1.82, 2.24) is 5.32 Å². The van der Waals surface area contributed by atoms with Crippen molar-refractivity contribution < 1.29 is 36.5 Å². The summed E-state index contributed by atoms with van der Waals surface area (Å²) < 4.78 is 42.0. The van der Waals surface area contributed by atoms with E-state index in [1.165, 1.54) is 0 Å². The Kier molecular flexibility index (Phi) is 5.04. The SMILES string of the molecule is CC(=O)NC(=O)COC(=O)C(F)(S)S(=O)(=O)O. The third-order valence-corrected chi connectivity index (χ3v) is 2.97. The molecule has 0 aliphatic carbocycles. The Morgan fingerprint density at radius 2 is 1.94 bits per heavy atom. The second-order valence-electron chi connectivity index (χ2n) is 2.72. The fourth-order valence-corrected chi connectivity index (χ4v) is 0.892. The molecule has 0 bridgehead atoms. The Balaban J connectivity index is 4.49. The number of amides is 2. The number of ether oxygens (including phenoxy) is 1. The van der Waals surface area contributed by atoms with Crippen LogP contribution in [-0.4, -0.2) is 41.7 Å². The van der Waals surface area contributed by atoms with Crippen molar-refractivity contribution in [3.05, 3.63) is 0 Å². The van der Waals surface area contributed by atoms with Crippen LogP contribution >= 0.6 is 12.6 Å². The Morgan fingerprint density at radius 1 is 1.47 bits per heavy atom. The normalized spacial score (nSPS) is 14.6. The zero-order valence-electron chi connectivity index (χ0n) is 8.34. The number of rotatable bonds is 4. The summed E-state index contributed by atoms with van der Waals surface area (Å²) >= 11 is 2.76. The highest BCUT2D eigenvalue weighted by Gasteiger charge is 2.49. The van der Waals surface area contributed by atoms with Gasteiger partial charge in [0.1, 0.15) is 0 Å². The molecule has 0 fully saturated rings. The van der Waals surface area contributed by atoms with Crippen LogP contribution in [0.4, 0.5) is 4.39 Å².